The zero-order chi connectivity index (χ0) is 13.7. The van der Waals surface area contributed by atoms with Crippen LogP contribution in [0.2, 0.25) is 0 Å². The number of carbonyl (C=O) groups is 1. The molecule has 0 bridgehead atoms. The van der Waals surface area contributed by atoms with E-state index >= 15 is 0 Å². The lowest BCUT2D eigenvalue weighted by molar-refractivity contribution is 0.0659. The molecule has 0 saturated heterocycles. The zero-order valence-electron chi connectivity index (χ0n) is 11.3. The topological polar surface area (TPSA) is 71.7 Å². The van der Waals surface area contributed by atoms with Gasteiger partial charge in [0.15, 0.2) is 0 Å². The molecular formula is C14H21NO4. The lowest BCUT2D eigenvalue weighted by Gasteiger charge is -2.04. The average molecular weight is 267 g/mol. The SMILES string of the molecule is Cc1cc(CNCCCOCC2CC2)oc1C(=O)O. The highest BCUT2D eigenvalue weighted by molar-refractivity contribution is 5.86. The maximum Gasteiger partial charge on any atom is 0.372 e. The normalized spacial score (nSPS) is 14.8. The van der Waals surface area contributed by atoms with E-state index in [1.807, 2.05) is 0 Å². The number of carboxylic acid groups (broad SMARTS) is 1. The van der Waals surface area contributed by atoms with E-state index in [9.17, 15) is 4.79 Å². The molecule has 0 spiro atoms. The molecule has 1 aliphatic carbocycles. The molecule has 0 amide bonds. The standard InChI is InChI=1S/C14H21NO4/c1-10-7-12(19-13(10)14(16)17)8-15-5-2-6-18-9-11-3-4-11/h7,11,15H,2-6,8-9H2,1H3,(H,16,17). The number of rotatable bonds is 9. The third kappa shape index (κ3) is 4.69. The number of aromatic carboxylic acids is 1. The van der Waals surface area contributed by atoms with E-state index in [-0.39, 0.29) is 5.76 Å². The molecule has 1 aromatic heterocycles. The molecule has 0 atom stereocenters. The Balaban J connectivity index is 1.57. The van der Waals surface area contributed by atoms with Gasteiger partial charge < -0.3 is 19.6 Å². The summed E-state index contributed by atoms with van der Waals surface area (Å²) in [6.45, 7) is 4.81. The summed E-state index contributed by atoms with van der Waals surface area (Å²) in [5.41, 5.74) is 0.664. The molecule has 5 heteroatoms. The highest BCUT2D eigenvalue weighted by Crippen LogP contribution is 2.28. The summed E-state index contributed by atoms with van der Waals surface area (Å²) in [5, 5.41) is 12.1. The van der Waals surface area contributed by atoms with Crippen molar-refractivity contribution in [2.45, 2.75) is 32.7 Å². The van der Waals surface area contributed by atoms with Gasteiger partial charge >= 0.3 is 5.97 Å². The van der Waals surface area contributed by atoms with Gasteiger partial charge in [-0.05, 0) is 44.7 Å². The van der Waals surface area contributed by atoms with Crippen molar-refractivity contribution in [1.82, 2.24) is 5.32 Å². The molecule has 19 heavy (non-hydrogen) atoms. The second-order valence-electron chi connectivity index (χ2n) is 5.08. The summed E-state index contributed by atoms with van der Waals surface area (Å²) in [7, 11) is 0. The molecule has 1 saturated carbocycles. The second-order valence-corrected chi connectivity index (χ2v) is 5.08. The van der Waals surface area contributed by atoms with Crippen LogP contribution < -0.4 is 5.32 Å². The van der Waals surface area contributed by atoms with Gasteiger partial charge in [-0.15, -0.1) is 0 Å². The Morgan fingerprint density at radius 2 is 2.37 bits per heavy atom. The van der Waals surface area contributed by atoms with E-state index in [1.165, 1.54) is 12.8 Å². The van der Waals surface area contributed by atoms with Gasteiger partial charge in [0.2, 0.25) is 5.76 Å². The minimum Gasteiger partial charge on any atom is -0.475 e. The van der Waals surface area contributed by atoms with E-state index in [2.05, 4.69) is 5.32 Å². The van der Waals surface area contributed by atoms with Crippen LogP contribution in [-0.2, 0) is 11.3 Å². The van der Waals surface area contributed by atoms with Crippen molar-refractivity contribution in [2.24, 2.45) is 5.92 Å². The van der Waals surface area contributed by atoms with Gasteiger partial charge in [0, 0.05) is 18.8 Å². The minimum atomic E-state index is -1.02. The number of nitrogens with one attached hydrogen (secondary N) is 1. The number of ether oxygens (including phenoxy) is 1. The number of aryl methyl sites for hydroxylation is 1. The Labute approximate surface area is 112 Å². The highest BCUT2D eigenvalue weighted by Gasteiger charge is 2.20. The van der Waals surface area contributed by atoms with E-state index in [0.29, 0.717) is 17.9 Å². The largest absolute Gasteiger partial charge is 0.475 e. The van der Waals surface area contributed by atoms with Crippen LogP contribution in [0.4, 0.5) is 0 Å². The number of carboxylic acids is 1. The van der Waals surface area contributed by atoms with Gasteiger partial charge in [0.25, 0.3) is 0 Å². The van der Waals surface area contributed by atoms with Gasteiger partial charge in [0.1, 0.15) is 5.76 Å². The Bertz CT molecular complexity index is 423. The highest BCUT2D eigenvalue weighted by atomic mass is 16.5. The fourth-order valence-electron chi connectivity index (χ4n) is 1.89. The smallest absolute Gasteiger partial charge is 0.372 e. The summed E-state index contributed by atoms with van der Waals surface area (Å²) in [6, 6.07) is 1.76. The first-order chi connectivity index (χ1) is 9.16. The minimum absolute atomic E-state index is 0.0320. The fourth-order valence-corrected chi connectivity index (χ4v) is 1.89. The molecule has 106 valence electrons. The molecule has 0 radical (unpaired) electrons. The molecular weight excluding hydrogens is 246 g/mol. The monoisotopic (exact) mass is 267 g/mol. The van der Waals surface area contributed by atoms with Crippen LogP contribution in [0, 0.1) is 12.8 Å². The van der Waals surface area contributed by atoms with E-state index < -0.39 is 5.97 Å². The summed E-state index contributed by atoms with van der Waals surface area (Å²) in [4.78, 5) is 10.8. The van der Waals surface area contributed by atoms with Gasteiger partial charge in [-0.3, -0.25) is 0 Å². The van der Waals surface area contributed by atoms with E-state index in [1.54, 1.807) is 13.0 Å². The Kier molecular flexibility index (Phi) is 4.99. The van der Waals surface area contributed by atoms with Crippen molar-refractivity contribution < 1.29 is 19.1 Å². The van der Waals surface area contributed by atoms with Gasteiger partial charge in [-0.1, -0.05) is 0 Å². The summed E-state index contributed by atoms with van der Waals surface area (Å²) >= 11 is 0. The molecule has 2 N–H and O–H groups in total. The predicted octanol–water partition coefficient (Wildman–Crippen LogP) is 2.19. The molecule has 0 aromatic carbocycles. The first-order valence-corrected chi connectivity index (χ1v) is 6.78. The van der Waals surface area contributed by atoms with E-state index in [0.717, 1.165) is 32.1 Å². The fraction of sp³-hybridized carbons (Fsp3) is 0.643. The van der Waals surface area contributed by atoms with Crippen LogP contribution in [0.5, 0.6) is 0 Å². The Morgan fingerprint density at radius 3 is 3.00 bits per heavy atom. The van der Waals surface area contributed by atoms with Crippen LogP contribution >= 0.6 is 0 Å². The van der Waals surface area contributed by atoms with Crippen molar-refractivity contribution in [3.8, 4) is 0 Å². The molecule has 1 fully saturated rings. The lowest BCUT2D eigenvalue weighted by atomic mass is 10.2. The lowest BCUT2D eigenvalue weighted by Crippen LogP contribution is -2.16. The van der Waals surface area contributed by atoms with Crippen molar-refractivity contribution in [3.63, 3.8) is 0 Å². The molecule has 2 rings (SSSR count). The summed E-state index contributed by atoms with van der Waals surface area (Å²) < 4.78 is 10.8. The molecule has 1 aromatic rings. The maximum absolute atomic E-state index is 10.8. The van der Waals surface area contributed by atoms with Crippen LogP contribution in [0.25, 0.3) is 0 Å². The quantitative estimate of drug-likeness (QED) is 0.671. The average Bonchev–Trinajstić information content (AvgIpc) is 3.10. The van der Waals surface area contributed by atoms with Crippen molar-refractivity contribution >= 4 is 5.97 Å². The summed E-state index contributed by atoms with van der Waals surface area (Å²) in [5.74, 6) is 0.490. The van der Waals surface area contributed by atoms with Gasteiger partial charge in [0.05, 0.1) is 6.54 Å². The zero-order valence-corrected chi connectivity index (χ0v) is 11.3. The number of furan rings is 1. The number of hydrogen-bond donors (Lipinski definition) is 2. The van der Waals surface area contributed by atoms with Crippen molar-refractivity contribution in [2.75, 3.05) is 19.8 Å². The Morgan fingerprint density at radius 1 is 1.58 bits per heavy atom. The van der Waals surface area contributed by atoms with Crippen LogP contribution in [-0.4, -0.2) is 30.8 Å². The predicted molar refractivity (Wildman–Crippen MR) is 70.3 cm³/mol. The van der Waals surface area contributed by atoms with Crippen LogP contribution in [0.1, 0.15) is 41.1 Å². The molecule has 5 nitrogen and oxygen atoms in total. The van der Waals surface area contributed by atoms with E-state index in [4.69, 9.17) is 14.3 Å². The van der Waals surface area contributed by atoms with Gasteiger partial charge in [-0.2, -0.15) is 0 Å². The molecule has 0 unspecified atom stereocenters. The van der Waals surface area contributed by atoms with Crippen LogP contribution in [0.15, 0.2) is 10.5 Å². The first kappa shape index (κ1) is 14.1. The Hall–Kier alpha value is -1.33. The van der Waals surface area contributed by atoms with Crippen LogP contribution in [0.3, 0.4) is 0 Å². The summed E-state index contributed by atoms with van der Waals surface area (Å²) in [6.07, 6.45) is 3.60. The maximum atomic E-state index is 10.8. The third-order valence-corrected chi connectivity index (χ3v) is 3.15. The van der Waals surface area contributed by atoms with Crippen molar-refractivity contribution in [3.05, 3.63) is 23.2 Å². The first-order valence-electron chi connectivity index (χ1n) is 6.78. The van der Waals surface area contributed by atoms with Crippen molar-refractivity contribution in [1.29, 1.82) is 0 Å². The molecule has 1 heterocycles. The second kappa shape index (κ2) is 6.73. The molecule has 1 aliphatic rings. The number of hydrogen-bond acceptors (Lipinski definition) is 4. The molecule has 0 aliphatic heterocycles. The van der Waals surface area contributed by atoms with Gasteiger partial charge in [-0.25, -0.2) is 4.79 Å². The third-order valence-electron chi connectivity index (χ3n) is 3.15.